The summed E-state index contributed by atoms with van der Waals surface area (Å²) in [6.07, 6.45) is 0. The van der Waals surface area contributed by atoms with Crippen molar-refractivity contribution in [3.05, 3.63) is 77.9 Å². The zero-order valence-electron chi connectivity index (χ0n) is 16.1. The topological polar surface area (TPSA) is 69.2 Å². The number of oxime groups is 1. The van der Waals surface area contributed by atoms with Crippen LogP contribution in [-0.4, -0.2) is 32.4 Å². The number of nitrogens with zero attached hydrogens (tertiary/aromatic N) is 1. The third-order valence-corrected chi connectivity index (χ3v) is 4.69. The van der Waals surface area contributed by atoms with Crippen LogP contribution in [0.3, 0.4) is 0 Å². The Balaban J connectivity index is 1.48. The summed E-state index contributed by atoms with van der Waals surface area (Å²) in [6, 6.07) is 21.2. The number of ether oxygens (including phenoxy) is 2. The molecule has 0 spiro atoms. The number of benzene rings is 3. The first-order chi connectivity index (χ1) is 14.2. The van der Waals surface area contributed by atoms with Gasteiger partial charge in [-0.3, -0.25) is 4.79 Å². The molecule has 29 heavy (non-hydrogen) atoms. The highest BCUT2D eigenvalue weighted by molar-refractivity contribution is 6.24. The maximum atomic E-state index is 12.3. The lowest BCUT2D eigenvalue weighted by Gasteiger charge is -2.11. The summed E-state index contributed by atoms with van der Waals surface area (Å²) in [4.78, 5) is 17.7. The maximum absolute atomic E-state index is 12.3. The molecule has 0 atom stereocenters. The number of hydrogen-bond donors (Lipinski definition) is 1. The van der Waals surface area contributed by atoms with Crippen LogP contribution in [-0.2, 0) is 9.63 Å². The first kappa shape index (κ1) is 18.6. The Morgan fingerprint density at radius 2 is 1.48 bits per heavy atom. The van der Waals surface area contributed by atoms with Gasteiger partial charge in [-0.15, -0.1) is 0 Å². The van der Waals surface area contributed by atoms with Crippen LogP contribution < -0.4 is 14.8 Å². The molecule has 6 heteroatoms. The number of anilines is 1. The first-order valence-electron chi connectivity index (χ1n) is 9.12. The molecule has 1 aliphatic carbocycles. The van der Waals surface area contributed by atoms with Crippen molar-refractivity contribution in [2.24, 2.45) is 5.16 Å². The van der Waals surface area contributed by atoms with Crippen molar-refractivity contribution in [3.8, 4) is 22.6 Å². The number of amides is 1. The molecule has 0 heterocycles. The van der Waals surface area contributed by atoms with E-state index in [1.54, 1.807) is 25.3 Å². The summed E-state index contributed by atoms with van der Waals surface area (Å²) < 4.78 is 10.5. The van der Waals surface area contributed by atoms with Gasteiger partial charge in [0, 0.05) is 17.2 Å². The van der Waals surface area contributed by atoms with Crippen molar-refractivity contribution in [1.29, 1.82) is 0 Å². The minimum Gasteiger partial charge on any atom is -0.497 e. The molecule has 1 aliphatic rings. The van der Waals surface area contributed by atoms with Gasteiger partial charge in [-0.25, -0.2) is 0 Å². The maximum Gasteiger partial charge on any atom is 0.265 e. The third-order valence-electron chi connectivity index (χ3n) is 4.69. The molecule has 1 N–H and O–H groups in total. The van der Waals surface area contributed by atoms with E-state index >= 15 is 0 Å². The molecule has 0 bridgehead atoms. The number of rotatable bonds is 6. The van der Waals surface area contributed by atoms with E-state index in [9.17, 15) is 4.79 Å². The van der Waals surface area contributed by atoms with Gasteiger partial charge in [0.25, 0.3) is 5.91 Å². The van der Waals surface area contributed by atoms with Gasteiger partial charge in [0.05, 0.1) is 19.9 Å². The number of carbonyl (C=O) groups excluding carboxylic acids is 1. The Labute approximate surface area is 168 Å². The minimum absolute atomic E-state index is 0.219. The number of fused-ring (bicyclic) bond motifs is 3. The summed E-state index contributed by atoms with van der Waals surface area (Å²) >= 11 is 0. The zero-order valence-corrected chi connectivity index (χ0v) is 16.1. The number of hydrogen-bond acceptors (Lipinski definition) is 5. The van der Waals surface area contributed by atoms with Crippen LogP contribution in [0.4, 0.5) is 5.69 Å². The summed E-state index contributed by atoms with van der Waals surface area (Å²) in [6.45, 7) is -0.219. The average Bonchev–Trinajstić information content (AvgIpc) is 3.08. The largest absolute Gasteiger partial charge is 0.497 e. The van der Waals surface area contributed by atoms with Gasteiger partial charge in [0.1, 0.15) is 17.2 Å². The molecule has 0 unspecified atom stereocenters. The molecule has 4 rings (SSSR count). The van der Waals surface area contributed by atoms with Gasteiger partial charge < -0.3 is 19.6 Å². The van der Waals surface area contributed by atoms with Crippen LogP contribution in [0.15, 0.2) is 71.9 Å². The van der Waals surface area contributed by atoms with Crippen LogP contribution in [0, 0.1) is 0 Å². The van der Waals surface area contributed by atoms with E-state index in [2.05, 4.69) is 22.6 Å². The molecule has 6 nitrogen and oxygen atoms in total. The zero-order chi connectivity index (χ0) is 20.2. The van der Waals surface area contributed by atoms with Gasteiger partial charge in [0.15, 0.2) is 6.61 Å². The SMILES string of the molecule is COc1ccc(NC(=O)CON=C2c3ccccc3-c3ccccc32)c(OC)c1. The normalized spacial score (nSPS) is 11.3. The Kier molecular flexibility index (Phi) is 5.16. The Morgan fingerprint density at radius 3 is 2.07 bits per heavy atom. The number of nitrogens with one attached hydrogen (secondary N) is 1. The van der Waals surface area contributed by atoms with Crippen molar-refractivity contribution < 1.29 is 19.1 Å². The molecule has 3 aromatic rings. The predicted molar refractivity (Wildman–Crippen MR) is 112 cm³/mol. The molecule has 1 amide bonds. The molecule has 0 saturated heterocycles. The summed E-state index contributed by atoms with van der Waals surface area (Å²) in [7, 11) is 3.10. The lowest BCUT2D eigenvalue weighted by molar-refractivity contribution is -0.120. The Bertz CT molecular complexity index is 1040. The molecular formula is C23H20N2O4. The van der Waals surface area contributed by atoms with E-state index in [0.717, 1.165) is 28.0 Å². The highest BCUT2D eigenvalue weighted by Gasteiger charge is 2.24. The molecule has 0 radical (unpaired) electrons. The lowest BCUT2D eigenvalue weighted by Crippen LogP contribution is -2.18. The van der Waals surface area contributed by atoms with Crippen molar-refractivity contribution >= 4 is 17.3 Å². The molecule has 3 aromatic carbocycles. The second kappa shape index (κ2) is 8.06. The smallest absolute Gasteiger partial charge is 0.265 e. The van der Waals surface area contributed by atoms with Crippen molar-refractivity contribution in [1.82, 2.24) is 0 Å². The molecule has 0 fully saturated rings. The quantitative estimate of drug-likeness (QED) is 0.505. The molecular weight excluding hydrogens is 368 g/mol. The second-order valence-electron chi connectivity index (χ2n) is 6.42. The fraction of sp³-hybridized carbons (Fsp3) is 0.130. The fourth-order valence-electron chi connectivity index (χ4n) is 3.34. The van der Waals surface area contributed by atoms with Gasteiger partial charge in [-0.1, -0.05) is 53.7 Å². The van der Waals surface area contributed by atoms with Crippen LogP contribution in [0.5, 0.6) is 11.5 Å². The third kappa shape index (κ3) is 3.65. The van der Waals surface area contributed by atoms with Gasteiger partial charge in [0.2, 0.25) is 0 Å². The van der Waals surface area contributed by atoms with E-state index in [0.29, 0.717) is 17.2 Å². The summed E-state index contributed by atoms with van der Waals surface area (Å²) in [5.41, 5.74) is 5.46. The van der Waals surface area contributed by atoms with E-state index in [4.69, 9.17) is 14.3 Å². The number of methoxy groups -OCH3 is 2. The van der Waals surface area contributed by atoms with Crippen molar-refractivity contribution in [3.63, 3.8) is 0 Å². The molecule has 0 aliphatic heterocycles. The molecule has 146 valence electrons. The van der Waals surface area contributed by atoms with Gasteiger partial charge >= 0.3 is 0 Å². The number of carbonyl (C=O) groups is 1. The highest BCUT2D eigenvalue weighted by atomic mass is 16.6. The van der Waals surface area contributed by atoms with Crippen LogP contribution in [0.1, 0.15) is 11.1 Å². The van der Waals surface area contributed by atoms with Gasteiger partial charge in [-0.05, 0) is 23.3 Å². The van der Waals surface area contributed by atoms with Crippen molar-refractivity contribution in [2.45, 2.75) is 0 Å². The highest BCUT2D eigenvalue weighted by Crippen LogP contribution is 2.36. The second-order valence-corrected chi connectivity index (χ2v) is 6.42. The lowest BCUT2D eigenvalue weighted by atomic mass is 10.1. The van der Waals surface area contributed by atoms with E-state index in [1.807, 2.05) is 36.4 Å². The van der Waals surface area contributed by atoms with E-state index < -0.39 is 0 Å². The Hall–Kier alpha value is -3.80. The van der Waals surface area contributed by atoms with Crippen LogP contribution >= 0.6 is 0 Å². The standard InChI is InChI=1S/C23H20N2O4/c1-27-15-11-12-20(21(13-15)28-2)24-22(26)14-29-25-23-18-9-5-3-7-16(18)17-8-4-6-10-19(17)23/h3-13H,14H2,1-2H3,(H,24,26). The molecule has 0 aromatic heterocycles. The van der Waals surface area contributed by atoms with Crippen LogP contribution in [0.2, 0.25) is 0 Å². The van der Waals surface area contributed by atoms with E-state index in [-0.39, 0.29) is 12.5 Å². The molecule has 0 saturated carbocycles. The average molecular weight is 388 g/mol. The minimum atomic E-state index is -0.336. The van der Waals surface area contributed by atoms with E-state index in [1.165, 1.54) is 7.11 Å². The monoisotopic (exact) mass is 388 g/mol. The van der Waals surface area contributed by atoms with Crippen LogP contribution in [0.25, 0.3) is 11.1 Å². The predicted octanol–water partition coefficient (Wildman–Crippen LogP) is 4.09. The Morgan fingerprint density at radius 1 is 0.862 bits per heavy atom. The fourth-order valence-corrected chi connectivity index (χ4v) is 3.34. The summed E-state index contributed by atoms with van der Waals surface area (Å²) in [5, 5.41) is 7.02. The first-order valence-corrected chi connectivity index (χ1v) is 9.12. The summed E-state index contributed by atoms with van der Waals surface area (Å²) in [5.74, 6) is 0.807. The van der Waals surface area contributed by atoms with Gasteiger partial charge in [-0.2, -0.15) is 0 Å². The van der Waals surface area contributed by atoms with Crippen molar-refractivity contribution in [2.75, 3.05) is 26.1 Å².